The second-order valence-corrected chi connectivity index (χ2v) is 6.04. The van der Waals surface area contributed by atoms with Crippen molar-refractivity contribution in [3.05, 3.63) is 58.0 Å². The molecule has 0 amide bonds. The van der Waals surface area contributed by atoms with Crippen molar-refractivity contribution in [3.8, 4) is 0 Å². The molecule has 3 rings (SSSR count). The Morgan fingerprint density at radius 3 is 2.95 bits per heavy atom. The molecule has 0 spiro atoms. The van der Waals surface area contributed by atoms with E-state index in [1.165, 1.54) is 10.4 Å². The monoisotopic (exact) mass is 284 g/mol. The number of hydrogen-bond donors (Lipinski definition) is 0. The van der Waals surface area contributed by atoms with Crippen molar-refractivity contribution in [3.63, 3.8) is 0 Å². The van der Waals surface area contributed by atoms with Gasteiger partial charge < -0.3 is 4.42 Å². The summed E-state index contributed by atoms with van der Waals surface area (Å²) in [5.41, 5.74) is 1.97. The Kier molecular flexibility index (Phi) is 3.70. The minimum atomic E-state index is 0.0930. The lowest BCUT2D eigenvalue weighted by Crippen LogP contribution is -1.97. The number of fused-ring (bicyclic) bond motifs is 1. The first-order valence-corrected chi connectivity index (χ1v) is 7.66. The first kappa shape index (κ1) is 13.1. The third-order valence-corrected chi connectivity index (χ3v) is 4.29. The standard InChI is InChI=1S/C17H16O2S/c1-12-7-8-16-13(10-12)11-17(19-16)15(18)6-2-4-14-5-3-9-20-14/h3,5,7-11H,2,4,6H2,1H3. The average Bonchev–Trinajstić information content (AvgIpc) is 3.06. The van der Waals surface area contributed by atoms with Gasteiger partial charge in [-0.2, -0.15) is 0 Å². The number of carbonyl (C=O) groups is 1. The smallest absolute Gasteiger partial charge is 0.198 e. The summed E-state index contributed by atoms with van der Waals surface area (Å²) in [6.45, 7) is 2.04. The van der Waals surface area contributed by atoms with Gasteiger partial charge in [-0.05, 0) is 49.4 Å². The van der Waals surface area contributed by atoms with E-state index in [2.05, 4.69) is 11.4 Å². The predicted octanol–water partition coefficient (Wildman–Crippen LogP) is 5.01. The van der Waals surface area contributed by atoms with E-state index in [-0.39, 0.29) is 5.78 Å². The van der Waals surface area contributed by atoms with E-state index in [1.54, 1.807) is 11.3 Å². The van der Waals surface area contributed by atoms with E-state index < -0.39 is 0 Å². The Hall–Kier alpha value is -1.87. The molecule has 2 heterocycles. The molecule has 0 saturated carbocycles. The number of rotatable bonds is 5. The van der Waals surface area contributed by atoms with Gasteiger partial charge in [0.2, 0.25) is 0 Å². The highest BCUT2D eigenvalue weighted by molar-refractivity contribution is 7.09. The summed E-state index contributed by atoms with van der Waals surface area (Å²) in [4.78, 5) is 13.5. The van der Waals surface area contributed by atoms with Crippen molar-refractivity contribution in [2.45, 2.75) is 26.2 Å². The molecule has 3 aromatic rings. The third-order valence-electron chi connectivity index (χ3n) is 3.35. The fourth-order valence-electron chi connectivity index (χ4n) is 2.30. The molecule has 102 valence electrons. The predicted molar refractivity (Wildman–Crippen MR) is 82.5 cm³/mol. The summed E-state index contributed by atoms with van der Waals surface area (Å²) in [7, 11) is 0. The van der Waals surface area contributed by atoms with Crippen molar-refractivity contribution in [1.29, 1.82) is 0 Å². The Balaban J connectivity index is 1.66. The highest BCUT2D eigenvalue weighted by Gasteiger charge is 2.12. The highest BCUT2D eigenvalue weighted by Crippen LogP contribution is 2.22. The van der Waals surface area contributed by atoms with Crippen LogP contribution >= 0.6 is 11.3 Å². The highest BCUT2D eigenvalue weighted by atomic mass is 32.1. The molecule has 0 aliphatic rings. The molecule has 0 unspecified atom stereocenters. The maximum atomic E-state index is 12.1. The summed E-state index contributed by atoms with van der Waals surface area (Å²) in [5.74, 6) is 0.576. The number of carbonyl (C=O) groups excluding carboxylic acids is 1. The number of aryl methyl sites for hydroxylation is 2. The van der Waals surface area contributed by atoms with Crippen LogP contribution in [0.2, 0.25) is 0 Å². The lowest BCUT2D eigenvalue weighted by molar-refractivity contribution is 0.0955. The lowest BCUT2D eigenvalue weighted by Gasteiger charge is -1.96. The van der Waals surface area contributed by atoms with E-state index in [9.17, 15) is 4.79 Å². The van der Waals surface area contributed by atoms with Crippen molar-refractivity contribution >= 4 is 28.1 Å². The number of thiophene rings is 1. The summed E-state index contributed by atoms with van der Waals surface area (Å²) in [6.07, 6.45) is 2.37. The summed E-state index contributed by atoms with van der Waals surface area (Å²) < 4.78 is 5.63. The molecule has 0 aliphatic heterocycles. The fraction of sp³-hybridized carbons (Fsp3) is 0.235. The molecule has 2 nitrogen and oxygen atoms in total. The molecule has 0 radical (unpaired) electrons. The Labute approximate surface area is 122 Å². The zero-order chi connectivity index (χ0) is 13.9. The molecule has 0 aliphatic carbocycles. The van der Waals surface area contributed by atoms with Crippen molar-refractivity contribution in [1.82, 2.24) is 0 Å². The molecule has 3 heteroatoms. The molecule has 20 heavy (non-hydrogen) atoms. The van der Waals surface area contributed by atoms with Crippen LogP contribution < -0.4 is 0 Å². The van der Waals surface area contributed by atoms with Crippen molar-refractivity contribution in [2.24, 2.45) is 0 Å². The number of Topliss-reactive ketones (excluding diaryl/α,β-unsaturated/α-hetero) is 1. The second kappa shape index (κ2) is 5.63. The number of ketones is 1. The van der Waals surface area contributed by atoms with Crippen LogP contribution in [0.3, 0.4) is 0 Å². The molecule has 0 saturated heterocycles. The van der Waals surface area contributed by atoms with Gasteiger partial charge >= 0.3 is 0 Å². The SMILES string of the molecule is Cc1ccc2oc(C(=O)CCCc3cccs3)cc2c1. The van der Waals surface area contributed by atoms with Gasteiger partial charge in [-0.15, -0.1) is 11.3 Å². The summed E-state index contributed by atoms with van der Waals surface area (Å²) in [5, 5.41) is 3.07. The van der Waals surface area contributed by atoms with E-state index in [1.807, 2.05) is 37.3 Å². The van der Waals surface area contributed by atoms with Gasteiger partial charge in [0, 0.05) is 16.7 Å². The first-order chi connectivity index (χ1) is 9.72. The number of hydrogen-bond acceptors (Lipinski definition) is 3. The van der Waals surface area contributed by atoms with Crippen molar-refractivity contribution < 1.29 is 9.21 Å². The van der Waals surface area contributed by atoms with Crippen LogP contribution in [0.1, 0.15) is 33.8 Å². The van der Waals surface area contributed by atoms with Crippen LogP contribution in [-0.2, 0) is 6.42 Å². The zero-order valence-corrected chi connectivity index (χ0v) is 12.2. The maximum Gasteiger partial charge on any atom is 0.198 e. The molecule has 0 atom stereocenters. The third kappa shape index (κ3) is 2.83. The molecular formula is C17H16O2S. The quantitative estimate of drug-likeness (QED) is 0.617. The van der Waals surface area contributed by atoms with Gasteiger partial charge in [0.25, 0.3) is 0 Å². The minimum Gasteiger partial charge on any atom is -0.453 e. The topological polar surface area (TPSA) is 30.2 Å². The van der Waals surface area contributed by atoms with Gasteiger partial charge in [0.15, 0.2) is 11.5 Å². The second-order valence-electron chi connectivity index (χ2n) is 5.01. The Bertz CT molecular complexity index is 723. The van der Waals surface area contributed by atoms with Crippen LogP contribution in [0.15, 0.2) is 46.2 Å². The van der Waals surface area contributed by atoms with Crippen LogP contribution in [0.25, 0.3) is 11.0 Å². The van der Waals surface area contributed by atoms with Gasteiger partial charge in [0.05, 0.1) is 0 Å². The lowest BCUT2D eigenvalue weighted by atomic mass is 10.1. The molecular weight excluding hydrogens is 268 g/mol. The van der Waals surface area contributed by atoms with E-state index >= 15 is 0 Å². The maximum absolute atomic E-state index is 12.1. The van der Waals surface area contributed by atoms with Gasteiger partial charge in [-0.25, -0.2) is 0 Å². The van der Waals surface area contributed by atoms with Crippen LogP contribution in [0, 0.1) is 6.92 Å². The van der Waals surface area contributed by atoms with Crippen LogP contribution in [0.5, 0.6) is 0 Å². The van der Waals surface area contributed by atoms with E-state index in [0.717, 1.165) is 23.8 Å². The Morgan fingerprint density at radius 1 is 1.25 bits per heavy atom. The van der Waals surface area contributed by atoms with E-state index in [4.69, 9.17) is 4.42 Å². The number of benzene rings is 1. The number of furan rings is 1. The average molecular weight is 284 g/mol. The first-order valence-electron chi connectivity index (χ1n) is 6.78. The zero-order valence-electron chi connectivity index (χ0n) is 11.4. The summed E-state index contributed by atoms with van der Waals surface area (Å²) in [6, 6.07) is 12.0. The molecule has 0 bridgehead atoms. The Morgan fingerprint density at radius 2 is 2.15 bits per heavy atom. The molecule has 2 aromatic heterocycles. The normalized spacial score (nSPS) is 11.1. The van der Waals surface area contributed by atoms with E-state index in [0.29, 0.717) is 12.2 Å². The summed E-state index contributed by atoms with van der Waals surface area (Å²) >= 11 is 1.74. The van der Waals surface area contributed by atoms with Crippen LogP contribution in [-0.4, -0.2) is 5.78 Å². The largest absolute Gasteiger partial charge is 0.453 e. The van der Waals surface area contributed by atoms with Crippen molar-refractivity contribution in [2.75, 3.05) is 0 Å². The van der Waals surface area contributed by atoms with Gasteiger partial charge in [-0.1, -0.05) is 17.7 Å². The molecule has 1 aromatic carbocycles. The fourth-order valence-corrected chi connectivity index (χ4v) is 3.05. The van der Waals surface area contributed by atoms with Gasteiger partial charge in [0.1, 0.15) is 5.58 Å². The molecule has 0 fully saturated rings. The minimum absolute atomic E-state index is 0.0930. The van der Waals surface area contributed by atoms with Gasteiger partial charge in [-0.3, -0.25) is 4.79 Å². The molecule has 0 N–H and O–H groups in total. The van der Waals surface area contributed by atoms with Crippen LogP contribution in [0.4, 0.5) is 0 Å².